The number of fused-ring (bicyclic) bond motifs is 1. The molecule has 1 aliphatic rings. The Kier molecular flexibility index (Phi) is 3.47. The molecule has 0 spiro atoms. The van der Waals surface area contributed by atoms with Crippen LogP contribution in [-0.4, -0.2) is 34.9 Å². The second-order valence-electron chi connectivity index (χ2n) is 4.53. The van der Waals surface area contributed by atoms with Gasteiger partial charge in [-0.3, -0.25) is 15.0 Å². The molecule has 0 saturated heterocycles. The quantitative estimate of drug-likeness (QED) is 0.602. The van der Waals surface area contributed by atoms with Crippen molar-refractivity contribution in [1.82, 2.24) is 9.88 Å². The second-order valence-corrected chi connectivity index (χ2v) is 4.53. The molecule has 6 heteroatoms. The molecule has 98 valence electrons. The predicted molar refractivity (Wildman–Crippen MR) is 69.6 cm³/mol. The van der Waals surface area contributed by atoms with E-state index >= 15 is 0 Å². The number of hydrogen-bond donors (Lipinski definition) is 0. The summed E-state index contributed by atoms with van der Waals surface area (Å²) >= 11 is 0. The summed E-state index contributed by atoms with van der Waals surface area (Å²) in [5.41, 5.74) is 1.97. The normalized spacial score (nSPS) is 14.6. The van der Waals surface area contributed by atoms with Crippen LogP contribution >= 0.6 is 0 Å². The largest absolute Gasteiger partial charge is 0.357 e. The molecule has 0 N–H and O–H groups in total. The van der Waals surface area contributed by atoms with Crippen molar-refractivity contribution in [2.24, 2.45) is 0 Å². The minimum absolute atomic E-state index is 0.144. The van der Waals surface area contributed by atoms with E-state index in [0.717, 1.165) is 36.6 Å². The summed E-state index contributed by atoms with van der Waals surface area (Å²) in [5, 5.41) is 11.0. The van der Waals surface area contributed by atoms with Gasteiger partial charge in [0.1, 0.15) is 12.0 Å². The summed E-state index contributed by atoms with van der Waals surface area (Å²) in [6.45, 7) is 7.21. The van der Waals surface area contributed by atoms with Crippen LogP contribution in [0.1, 0.15) is 25.0 Å². The highest BCUT2D eigenvalue weighted by Gasteiger charge is 2.29. The minimum atomic E-state index is -0.336. The third-order valence-corrected chi connectivity index (χ3v) is 3.37. The van der Waals surface area contributed by atoms with Gasteiger partial charge in [0.05, 0.1) is 10.5 Å². The zero-order chi connectivity index (χ0) is 13.3. The van der Waals surface area contributed by atoms with Crippen LogP contribution < -0.4 is 4.90 Å². The van der Waals surface area contributed by atoms with Crippen molar-refractivity contribution < 1.29 is 4.92 Å². The number of pyridine rings is 1. The zero-order valence-corrected chi connectivity index (χ0v) is 11.0. The summed E-state index contributed by atoms with van der Waals surface area (Å²) < 4.78 is 0. The van der Waals surface area contributed by atoms with Crippen molar-refractivity contribution in [3.8, 4) is 0 Å². The van der Waals surface area contributed by atoms with Gasteiger partial charge in [-0.15, -0.1) is 0 Å². The minimum Gasteiger partial charge on any atom is -0.357 e. The lowest BCUT2D eigenvalue weighted by atomic mass is 10.1. The van der Waals surface area contributed by atoms with Gasteiger partial charge in [-0.2, -0.15) is 0 Å². The van der Waals surface area contributed by atoms with Crippen LogP contribution in [0, 0.1) is 10.1 Å². The van der Waals surface area contributed by atoms with Gasteiger partial charge >= 0.3 is 0 Å². The van der Waals surface area contributed by atoms with E-state index in [2.05, 4.69) is 28.6 Å². The topological polar surface area (TPSA) is 62.5 Å². The fourth-order valence-electron chi connectivity index (χ4n) is 2.46. The fraction of sp³-hybridized carbons (Fsp3) is 0.583. The Morgan fingerprint density at radius 3 is 2.56 bits per heavy atom. The molecule has 0 amide bonds. The molecule has 0 aliphatic carbocycles. The van der Waals surface area contributed by atoms with E-state index in [1.54, 1.807) is 0 Å². The van der Waals surface area contributed by atoms with Crippen molar-refractivity contribution in [2.45, 2.75) is 26.9 Å². The van der Waals surface area contributed by atoms with Crippen LogP contribution in [0.5, 0.6) is 0 Å². The maximum absolute atomic E-state index is 11.0. The Morgan fingerprint density at radius 2 is 2.00 bits per heavy atom. The molecule has 0 saturated carbocycles. The van der Waals surface area contributed by atoms with Crippen molar-refractivity contribution >= 4 is 11.5 Å². The molecule has 0 bridgehead atoms. The van der Waals surface area contributed by atoms with Crippen molar-refractivity contribution in [3.63, 3.8) is 0 Å². The first-order valence-electron chi connectivity index (χ1n) is 6.17. The summed E-state index contributed by atoms with van der Waals surface area (Å²) in [5.74, 6) is 0.893. The summed E-state index contributed by atoms with van der Waals surface area (Å²) in [6.07, 6.45) is 1.39. The van der Waals surface area contributed by atoms with Gasteiger partial charge in [-0.25, -0.2) is 4.98 Å². The number of anilines is 1. The maximum Gasteiger partial charge on any atom is 0.292 e. The van der Waals surface area contributed by atoms with Crippen LogP contribution in [0.3, 0.4) is 0 Å². The molecule has 1 aliphatic heterocycles. The molecular formula is C12H18N4O2. The van der Waals surface area contributed by atoms with E-state index < -0.39 is 0 Å². The summed E-state index contributed by atoms with van der Waals surface area (Å²) in [7, 11) is 1.97. The van der Waals surface area contributed by atoms with Gasteiger partial charge in [-0.1, -0.05) is 0 Å². The van der Waals surface area contributed by atoms with Crippen molar-refractivity contribution in [3.05, 3.63) is 27.4 Å². The van der Waals surface area contributed by atoms with Gasteiger partial charge in [0.2, 0.25) is 0 Å². The molecule has 2 rings (SSSR count). The fourth-order valence-corrected chi connectivity index (χ4v) is 2.46. The molecular weight excluding hydrogens is 232 g/mol. The lowest BCUT2D eigenvalue weighted by molar-refractivity contribution is -0.385. The smallest absolute Gasteiger partial charge is 0.292 e. The third kappa shape index (κ3) is 2.03. The Morgan fingerprint density at radius 1 is 1.39 bits per heavy atom. The zero-order valence-electron chi connectivity index (χ0n) is 11.0. The highest BCUT2D eigenvalue weighted by Crippen LogP contribution is 2.34. The van der Waals surface area contributed by atoms with Crippen LogP contribution in [0.25, 0.3) is 0 Å². The molecule has 6 nitrogen and oxygen atoms in total. The van der Waals surface area contributed by atoms with E-state index in [4.69, 9.17) is 0 Å². The van der Waals surface area contributed by atoms with E-state index in [9.17, 15) is 10.1 Å². The van der Waals surface area contributed by atoms with Crippen LogP contribution in [0.15, 0.2) is 6.20 Å². The molecule has 0 atom stereocenters. The number of nitro groups is 1. The Hall–Kier alpha value is -1.69. The molecule has 0 radical (unpaired) electrons. The number of aromatic nitrogens is 1. The summed E-state index contributed by atoms with van der Waals surface area (Å²) in [4.78, 5) is 19.2. The number of hydrogen-bond acceptors (Lipinski definition) is 5. The Bertz CT molecular complexity index is 471. The Balaban J connectivity index is 2.53. The van der Waals surface area contributed by atoms with Gasteiger partial charge < -0.3 is 4.90 Å². The lowest BCUT2D eigenvalue weighted by Gasteiger charge is -2.22. The average molecular weight is 250 g/mol. The van der Waals surface area contributed by atoms with E-state index in [1.165, 1.54) is 6.20 Å². The lowest BCUT2D eigenvalue weighted by Crippen LogP contribution is -2.24. The van der Waals surface area contributed by atoms with Gasteiger partial charge in [0.15, 0.2) is 0 Å². The van der Waals surface area contributed by atoms with Crippen LogP contribution in [0.4, 0.5) is 11.5 Å². The maximum atomic E-state index is 11.0. The van der Waals surface area contributed by atoms with Crippen molar-refractivity contribution in [2.75, 3.05) is 25.0 Å². The first-order valence-corrected chi connectivity index (χ1v) is 6.17. The number of nitrogens with zero attached hydrogens (tertiary/aromatic N) is 4. The van der Waals surface area contributed by atoms with Gasteiger partial charge in [0.25, 0.3) is 5.69 Å². The summed E-state index contributed by atoms with van der Waals surface area (Å²) in [6, 6.07) is 0. The van der Waals surface area contributed by atoms with Gasteiger partial charge in [0, 0.05) is 31.7 Å². The first kappa shape index (κ1) is 12.8. The van der Waals surface area contributed by atoms with Crippen molar-refractivity contribution in [1.29, 1.82) is 0 Å². The number of rotatable bonds is 4. The third-order valence-electron chi connectivity index (χ3n) is 3.37. The van der Waals surface area contributed by atoms with Crippen LogP contribution in [0.2, 0.25) is 0 Å². The van der Waals surface area contributed by atoms with E-state index in [-0.39, 0.29) is 10.6 Å². The average Bonchev–Trinajstić information content (AvgIpc) is 2.71. The second kappa shape index (κ2) is 4.89. The van der Waals surface area contributed by atoms with Gasteiger partial charge in [-0.05, 0) is 20.9 Å². The van der Waals surface area contributed by atoms with E-state index in [1.807, 2.05) is 7.05 Å². The molecule has 2 heterocycles. The molecule has 18 heavy (non-hydrogen) atoms. The standard InChI is InChI=1S/C12H18N4O2/c1-4-15(5-2)12-10-8-14(3)7-9(10)11(6-13-12)16(17)18/h6H,4-5,7-8H2,1-3H3. The van der Waals surface area contributed by atoms with Crippen LogP contribution in [-0.2, 0) is 13.1 Å². The molecule has 0 fully saturated rings. The highest BCUT2D eigenvalue weighted by atomic mass is 16.6. The molecule has 0 aromatic carbocycles. The molecule has 1 aromatic heterocycles. The molecule has 0 unspecified atom stereocenters. The highest BCUT2D eigenvalue weighted by molar-refractivity contribution is 5.58. The predicted octanol–water partition coefficient (Wildman–Crippen LogP) is 1.78. The monoisotopic (exact) mass is 250 g/mol. The van der Waals surface area contributed by atoms with E-state index in [0.29, 0.717) is 6.54 Å². The first-order chi connectivity index (χ1) is 8.58. The Labute approximate surface area is 106 Å². The SMILES string of the molecule is CCN(CC)c1ncc([N+](=O)[O-])c2c1CN(C)C2. The molecule has 1 aromatic rings.